The average molecular weight is 275 g/mol. The molecule has 0 aliphatic rings. The Morgan fingerprint density at radius 3 is 2.80 bits per heavy atom. The highest BCUT2D eigenvalue weighted by atomic mass is 19.1. The number of halogens is 1. The van der Waals surface area contributed by atoms with E-state index in [1.807, 2.05) is 25.2 Å². The van der Waals surface area contributed by atoms with Crippen molar-refractivity contribution < 1.29 is 4.39 Å². The normalized spacial score (nSPS) is 10.3. The van der Waals surface area contributed by atoms with Crippen molar-refractivity contribution in [1.29, 1.82) is 0 Å². The summed E-state index contributed by atoms with van der Waals surface area (Å²) in [6, 6.07) is 10.1. The molecule has 20 heavy (non-hydrogen) atoms. The van der Waals surface area contributed by atoms with E-state index in [9.17, 15) is 4.39 Å². The van der Waals surface area contributed by atoms with Gasteiger partial charge in [0.25, 0.3) is 0 Å². The first-order valence-electron chi connectivity index (χ1n) is 6.45. The molecule has 106 valence electrons. The van der Waals surface area contributed by atoms with Gasteiger partial charge >= 0.3 is 0 Å². The number of hydrogen-bond acceptors (Lipinski definition) is 5. The smallest absolute Gasteiger partial charge is 0.222 e. The molecule has 2 rings (SSSR count). The molecule has 0 bridgehead atoms. The first-order chi connectivity index (χ1) is 9.66. The molecule has 5 nitrogen and oxygen atoms in total. The van der Waals surface area contributed by atoms with Crippen LogP contribution in [0.3, 0.4) is 0 Å². The fourth-order valence-corrected chi connectivity index (χ4v) is 1.84. The van der Waals surface area contributed by atoms with Crippen LogP contribution < -0.4 is 16.0 Å². The zero-order valence-electron chi connectivity index (χ0n) is 11.4. The number of nitrogens with zero attached hydrogens (tertiary/aromatic N) is 3. The summed E-state index contributed by atoms with van der Waals surface area (Å²) < 4.78 is 13.4. The number of nitrogens with two attached hydrogens (primary N) is 1. The molecule has 0 unspecified atom stereocenters. The third-order valence-corrected chi connectivity index (χ3v) is 2.92. The molecule has 0 amide bonds. The van der Waals surface area contributed by atoms with Crippen molar-refractivity contribution in [3.8, 4) is 0 Å². The Bertz CT molecular complexity index is 547. The largest absolute Gasteiger partial charge is 0.375 e. The summed E-state index contributed by atoms with van der Waals surface area (Å²) in [5.41, 5.74) is 6.58. The van der Waals surface area contributed by atoms with E-state index in [1.165, 1.54) is 0 Å². The Morgan fingerprint density at radius 2 is 2.05 bits per heavy atom. The number of para-hydroxylation sites is 1. The van der Waals surface area contributed by atoms with Crippen LogP contribution in [0, 0.1) is 5.82 Å². The van der Waals surface area contributed by atoms with Gasteiger partial charge < -0.3 is 16.0 Å². The second-order valence-electron chi connectivity index (χ2n) is 4.46. The second kappa shape index (κ2) is 6.70. The second-order valence-corrected chi connectivity index (χ2v) is 4.46. The molecule has 1 aromatic carbocycles. The van der Waals surface area contributed by atoms with E-state index in [-0.39, 0.29) is 11.8 Å². The molecular weight excluding hydrogens is 257 g/mol. The summed E-state index contributed by atoms with van der Waals surface area (Å²) in [6.45, 7) is 1.48. The molecule has 0 saturated heterocycles. The first kappa shape index (κ1) is 14.0. The van der Waals surface area contributed by atoms with Gasteiger partial charge in [0.1, 0.15) is 0 Å². The van der Waals surface area contributed by atoms with Crippen molar-refractivity contribution in [3.05, 3.63) is 42.3 Å². The van der Waals surface area contributed by atoms with Crippen LogP contribution in [0.5, 0.6) is 0 Å². The number of nitrogens with one attached hydrogen (secondary N) is 1. The minimum atomic E-state index is -0.490. The van der Waals surface area contributed by atoms with Crippen LogP contribution >= 0.6 is 0 Å². The first-order valence-corrected chi connectivity index (χ1v) is 6.45. The number of nitrogen functional groups attached to an aromatic ring is 1. The van der Waals surface area contributed by atoms with E-state index in [4.69, 9.17) is 5.73 Å². The van der Waals surface area contributed by atoms with E-state index in [0.29, 0.717) is 6.54 Å². The van der Waals surface area contributed by atoms with Gasteiger partial charge in [-0.15, -0.1) is 0 Å². The Kier molecular flexibility index (Phi) is 4.70. The van der Waals surface area contributed by atoms with Crippen LogP contribution in [-0.4, -0.2) is 30.1 Å². The van der Waals surface area contributed by atoms with Crippen molar-refractivity contribution >= 4 is 17.5 Å². The predicted molar refractivity (Wildman–Crippen MR) is 79.2 cm³/mol. The number of anilines is 3. The fourth-order valence-electron chi connectivity index (χ4n) is 1.84. The molecule has 1 aromatic heterocycles. The van der Waals surface area contributed by atoms with Crippen LogP contribution in [0.25, 0.3) is 0 Å². The highest BCUT2D eigenvalue weighted by Crippen LogP contribution is 2.12. The van der Waals surface area contributed by atoms with Gasteiger partial charge in [0.15, 0.2) is 11.6 Å². The molecule has 0 fully saturated rings. The Morgan fingerprint density at radius 1 is 1.30 bits per heavy atom. The maximum absolute atomic E-state index is 13.4. The molecule has 3 N–H and O–H groups in total. The monoisotopic (exact) mass is 275 g/mol. The predicted octanol–water partition coefficient (Wildman–Crippen LogP) is 2.14. The number of benzene rings is 1. The molecule has 0 radical (unpaired) electrons. The van der Waals surface area contributed by atoms with Gasteiger partial charge in [-0.25, -0.2) is 9.37 Å². The minimum Gasteiger partial charge on any atom is -0.375 e. The van der Waals surface area contributed by atoms with Gasteiger partial charge in [0, 0.05) is 25.8 Å². The quantitative estimate of drug-likeness (QED) is 0.791. The van der Waals surface area contributed by atoms with Gasteiger partial charge in [-0.1, -0.05) is 18.2 Å². The zero-order valence-corrected chi connectivity index (χ0v) is 11.4. The lowest BCUT2D eigenvalue weighted by atomic mass is 10.3. The van der Waals surface area contributed by atoms with E-state index in [1.54, 1.807) is 0 Å². The van der Waals surface area contributed by atoms with Crippen LogP contribution in [0.4, 0.5) is 21.8 Å². The maximum atomic E-state index is 13.4. The number of aromatic nitrogens is 2. The molecule has 0 atom stereocenters. The van der Waals surface area contributed by atoms with E-state index in [0.717, 1.165) is 24.8 Å². The Balaban J connectivity index is 1.78. The van der Waals surface area contributed by atoms with Crippen LogP contribution in [-0.2, 0) is 0 Å². The van der Waals surface area contributed by atoms with E-state index in [2.05, 4.69) is 32.3 Å². The molecule has 6 heteroatoms. The zero-order chi connectivity index (χ0) is 14.4. The SMILES string of the molecule is CN(CCCNc1nc(N)ncc1F)c1ccccc1. The van der Waals surface area contributed by atoms with Crippen molar-refractivity contribution in [2.24, 2.45) is 0 Å². The van der Waals surface area contributed by atoms with Crippen molar-refractivity contribution in [1.82, 2.24) is 9.97 Å². The van der Waals surface area contributed by atoms with Gasteiger partial charge in [-0.3, -0.25) is 0 Å². The lowest BCUT2D eigenvalue weighted by Crippen LogP contribution is -2.21. The van der Waals surface area contributed by atoms with Crippen molar-refractivity contribution in [2.45, 2.75) is 6.42 Å². The number of hydrogen-bond donors (Lipinski definition) is 2. The van der Waals surface area contributed by atoms with Crippen molar-refractivity contribution in [2.75, 3.05) is 36.1 Å². The van der Waals surface area contributed by atoms with Crippen LogP contribution in [0.1, 0.15) is 6.42 Å². The third kappa shape index (κ3) is 3.81. The van der Waals surface area contributed by atoms with Crippen LogP contribution in [0.2, 0.25) is 0 Å². The summed E-state index contributed by atoms with van der Waals surface area (Å²) in [5.74, 6) is -0.272. The topological polar surface area (TPSA) is 67.1 Å². The summed E-state index contributed by atoms with van der Waals surface area (Å²) in [5, 5.41) is 2.93. The molecule has 2 aromatic rings. The summed E-state index contributed by atoms with van der Waals surface area (Å²) >= 11 is 0. The highest BCUT2D eigenvalue weighted by Gasteiger charge is 2.05. The fraction of sp³-hybridized carbons (Fsp3) is 0.286. The number of rotatable bonds is 6. The van der Waals surface area contributed by atoms with Gasteiger partial charge in [0.2, 0.25) is 5.95 Å². The molecule has 0 saturated carbocycles. The molecule has 0 spiro atoms. The molecule has 0 aliphatic carbocycles. The van der Waals surface area contributed by atoms with Gasteiger partial charge in [-0.05, 0) is 18.6 Å². The van der Waals surface area contributed by atoms with Gasteiger partial charge in [0.05, 0.1) is 6.20 Å². The van der Waals surface area contributed by atoms with E-state index < -0.39 is 5.82 Å². The molecule has 0 aliphatic heterocycles. The lowest BCUT2D eigenvalue weighted by molar-refractivity contribution is 0.617. The van der Waals surface area contributed by atoms with Crippen molar-refractivity contribution in [3.63, 3.8) is 0 Å². The van der Waals surface area contributed by atoms with Crippen LogP contribution in [0.15, 0.2) is 36.5 Å². The summed E-state index contributed by atoms with van der Waals surface area (Å²) in [4.78, 5) is 9.54. The van der Waals surface area contributed by atoms with Gasteiger partial charge in [-0.2, -0.15) is 4.98 Å². The average Bonchev–Trinajstić information content (AvgIpc) is 2.47. The van der Waals surface area contributed by atoms with E-state index >= 15 is 0 Å². The standard InChI is InChI=1S/C14H18FN5/c1-20(11-6-3-2-4-7-11)9-5-8-17-13-12(15)10-18-14(16)19-13/h2-4,6-7,10H,5,8-9H2,1H3,(H3,16,17,18,19). The highest BCUT2D eigenvalue weighted by molar-refractivity contribution is 5.45. The molecule has 1 heterocycles. The minimum absolute atomic E-state index is 0.0651. The maximum Gasteiger partial charge on any atom is 0.222 e. The Hall–Kier alpha value is -2.37. The Labute approximate surface area is 117 Å². The summed E-state index contributed by atoms with van der Waals surface area (Å²) in [6.07, 6.45) is 1.93. The lowest BCUT2D eigenvalue weighted by Gasteiger charge is -2.19. The third-order valence-electron chi connectivity index (χ3n) is 2.92. The summed E-state index contributed by atoms with van der Waals surface area (Å²) in [7, 11) is 2.03. The molecular formula is C14H18FN5.